The van der Waals surface area contributed by atoms with Crippen LogP contribution in [0.25, 0.3) is 0 Å². The van der Waals surface area contributed by atoms with Crippen LogP contribution in [-0.2, 0) is 6.42 Å². The molecule has 0 spiro atoms. The van der Waals surface area contributed by atoms with Gasteiger partial charge in [-0.25, -0.2) is 0 Å². The van der Waals surface area contributed by atoms with E-state index in [0.29, 0.717) is 5.56 Å². The van der Waals surface area contributed by atoms with Crippen molar-refractivity contribution < 1.29 is 9.53 Å². The van der Waals surface area contributed by atoms with Gasteiger partial charge in [0.2, 0.25) is 0 Å². The minimum Gasteiger partial charge on any atom is -0.486 e. The summed E-state index contributed by atoms with van der Waals surface area (Å²) in [7, 11) is 0. The maximum absolute atomic E-state index is 11.4. The van der Waals surface area contributed by atoms with Crippen molar-refractivity contribution in [3.05, 3.63) is 65.2 Å². The molecule has 102 valence electrons. The smallest absolute Gasteiger partial charge is 0.159 e. The van der Waals surface area contributed by atoms with Gasteiger partial charge in [-0.05, 0) is 49.4 Å². The Morgan fingerprint density at radius 3 is 2.85 bits per heavy atom. The van der Waals surface area contributed by atoms with Gasteiger partial charge in [0.05, 0.1) is 0 Å². The van der Waals surface area contributed by atoms with E-state index in [2.05, 4.69) is 24.3 Å². The molecule has 2 aromatic carbocycles. The lowest BCUT2D eigenvalue weighted by molar-refractivity contribution is 0.101. The van der Waals surface area contributed by atoms with E-state index in [1.807, 2.05) is 24.3 Å². The van der Waals surface area contributed by atoms with E-state index in [9.17, 15) is 4.79 Å². The SMILES string of the molecule is CC(=O)c1cccc(OC2CCCc3ccccc32)c1. The minimum atomic E-state index is 0.0690. The molecule has 1 unspecified atom stereocenters. The van der Waals surface area contributed by atoms with Gasteiger partial charge in [-0.15, -0.1) is 0 Å². The quantitative estimate of drug-likeness (QED) is 0.772. The topological polar surface area (TPSA) is 26.3 Å². The number of fused-ring (bicyclic) bond motifs is 1. The summed E-state index contributed by atoms with van der Waals surface area (Å²) >= 11 is 0. The lowest BCUT2D eigenvalue weighted by Crippen LogP contribution is -2.15. The first-order valence-corrected chi connectivity index (χ1v) is 7.09. The maximum atomic E-state index is 11.4. The zero-order valence-electron chi connectivity index (χ0n) is 11.6. The molecule has 0 aliphatic heterocycles. The molecule has 0 N–H and O–H groups in total. The number of ether oxygens (including phenoxy) is 1. The third-order valence-electron chi connectivity index (χ3n) is 3.83. The normalized spacial score (nSPS) is 17.4. The van der Waals surface area contributed by atoms with Crippen LogP contribution in [-0.4, -0.2) is 5.78 Å². The summed E-state index contributed by atoms with van der Waals surface area (Å²) in [6.45, 7) is 1.58. The number of carbonyl (C=O) groups is 1. The highest BCUT2D eigenvalue weighted by atomic mass is 16.5. The molecule has 2 nitrogen and oxygen atoms in total. The molecule has 2 heteroatoms. The Kier molecular flexibility index (Phi) is 3.55. The van der Waals surface area contributed by atoms with Crippen molar-refractivity contribution >= 4 is 5.78 Å². The zero-order chi connectivity index (χ0) is 13.9. The highest BCUT2D eigenvalue weighted by molar-refractivity contribution is 5.94. The Labute approximate surface area is 119 Å². The standard InChI is InChI=1S/C18H18O2/c1-13(19)15-8-4-9-16(12-15)20-18-11-5-7-14-6-2-3-10-17(14)18/h2-4,6,8-10,12,18H,5,7,11H2,1H3. The summed E-state index contributed by atoms with van der Waals surface area (Å²) in [5.41, 5.74) is 3.37. The van der Waals surface area contributed by atoms with Crippen molar-refractivity contribution in [1.29, 1.82) is 0 Å². The molecule has 0 heterocycles. The van der Waals surface area contributed by atoms with E-state index in [0.717, 1.165) is 25.0 Å². The summed E-state index contributed by atoms with van der Waals surface area (Å²) in [5.74, 6) is 0.846. The Hall–Kier alpha value is -2.09. The van der Waals surface area contributed by atoms with E-state index in [-0.39, 0.29) is 11.9 Å². The lowest BCUT2D eigenvalue weighted by Gasteiger charge is -2.26. The molecule has 0 fully saturated rings. The molecular formula is C18H18O2. The first kappa shape index (κ1) is 12.9. The highest BCUT2D eigenvalue weighted by Gasteiger charge is 2.21. The van der Waals surface area contributed by atoms with Gasteiger partial charge in [-0.2, -0.15) is 0 Å². The van der Waals surface area contributed by atoms with Gasteiger partial charge in [-0.3, -0.25) is 4.79 Å². The van der Waals surface area contributed by atoms with E-state index < -0.39 is 0 Å². The second-order valence-electron chi connectivity index (χ2n) is 5.28. The Morgan fingerprint density at radius 1 is 1.15 bits per heavy atom. The average molecular weight is 266 g/mol. The second kappa shape index (κ2) is 5.49. The fraction of sp³-hybridized carbons (Fsp3) is 0.278. The Morgan fingerprint density at radius 2 is 2.00 bits per heavy atom. The van der Waals surface area contributed by atoms with Crippen molar-refractivity contribution in [2.45, 2.75) is 32.3 Å². The molecule has 0 bridgehead atoms. The maximum Gasteiger partial charge on any atom is 0.159 e. The van der Waals surface area contributed by atoms with Crippen LogP contribution in [0.3, 0.4) is 0 Å². The van der Waals surface area contributed by atoms with Crippen LogP contribution in [0.15, 0.2) is 48.5 Å². The van der Waals surface area contributed by atoms with Crippen LogP contribution in [0.1, 0.15) is 47.4 Å². The van der Waals surface area contributed by atoms with Gasteiger partial charge in [0.1, 0.15) is 11.9 Å². The highest BCUT2D eigenvalue weighted by Crippen LogP contribution is 2.33. The first-order chi connectivity index (χ1) is 9.74. The van der Waals surface area contributed by atoms with Crippen molar-refractivity contribution in [2.75, 3.05) is 0 Å². The molecular weight excluding hydrogens is 248 g/mol. The fourth-order valence-electron chi connectivity index (χ4n) is 2.78. The number of rotatable bonds is 3. The van der Waals surface area contributed by atoms with Gasteiger partial charge >= 0.3 is 0 Å². The average Bonchev–Trinajstić information content (AvgIpc) is 2.48. The molecule has 3 rings (SSSR count). The predicted octanol–water partition coefficient (Wildman–Crippen LogP) is 4.35. The van der Waals surface area contributed by atoms with Gasteiger partial charge in [-0.1, -0.05) is 36.4 Å². The second-order valence-corrected chi connectivity index (χ2v) is 5.28. The largest absolute Gasteiger partial charge is 0.486 e. The van der Waals surface area contributed by atoms with Crippen molar-refractivity contribution in [3.8, 4) is 5.75 Å². The number of hydrogen-bond acceptors (Lipinski definition) is 2. The molecule has 2 aromatic rings. The number of ketones is 1. The third-order valence-corrected chi connectivity index (χ3v) is 3.83. The van der Waals surface area contributed by atoms with E-state index >= 15 is 0 Å². The van der Waals surface area contributed by atoms with E-state index in [1.165, 1.54) is 11.1 Å². The monoisotopic (exact) mass is 266 g/mol. The van der Waals surface area contributed by atoms with Crippen molar-refractivity contribution in [1.82, 2.24) is 0 Å². The summed E-state index contributed by atoms with van der Waals surface area (Å²) < 4.78 is 6.12. The van der Waals surface area contributed by atoms with Crippen LogP contribution in [0, 0.1) is 0 Å². The van der Waals surface area contributed by atoms with Gasteiger partial charge in [0, 0.05) is 5.56 Å². The first-order valence-electron chi connectivity index (χ1n) is 7.09. The van der Waals surface area contributed by atoms with Gasteiger partial charge < -0.3 is 4.74 Å². The van der Waals surface area contributed by atoms with Crippen LogP contribution in [0.2, 0.25) is 0 Å². The van der Waals surface area contributed by atoms with Crippen molar-refractivity contribution in [3.63, 3.8) is 0 Å². The molecule has 0 aromatic heterocycles. The lowest BCUT2D eigenvalue weighted by atomic mass is 9.89. The molecule has 1 atom stereocenters. The number of aryl methyl sites for hydroxylation is 1. The fourth-order valence-corrected chi connectivity index (χ4v) is 2.78. The van der Waals surface area contributed by atoms with E-state index in [4.69, 9.17) is 4.74 Å². The Bertz CT molecular complexity index is 631. The molecule has 0 amide bonds. The molecule has 0 saturated heterocycles. The Balaban J connectivity index is 1.85. The minimum absolute atomic E-state index is 0.0690. The number of carbonyl (C=O) groups excluding carboxylic acids is 1. The van der Waals surface area contributed by atoms with Crippen LogP contribution in [0.4, 0.5) is 0 Å². The van der Waals surface area contributed by atoms with Crippen LogP contribution < -0.4 is 4.74 Å². The molecule has 1 aliphatic carbocycles. The van der Waals surface area contributed by atoms with Gasteiger partial charge in [0.25, 0.3) is 0 Å². The molecule has 0 radical (unpaired) electrons. The molecule has 0 saturated carbocycles. The predicted molar refractivity (Wildman–Crippen MR) is 79.2 cm³/mol. The third kappa shape index (κ3) is 2.60. The van der Waals surface area contributed by atoms with E-state index in [1.54, 1.807) is 6.92 Å². The van der Waals surface area contributed by atoms with Gasteiger partial charge in [0.15, 0.2) is 5.78 Å². The number of Topliss-reactive ketones (excluding diaryl/α,β-unsaturated/α-hetero) is 1. The number of hydrogen-bond donors (Lipinski definition) is 0. The number of benzene rings is 2. The van der Waals surface area contributed by atoms with Crippen LogP contribution >= 0.6 is 0 Å². The summed E-state index contributed by atoms with van der Waals surface area (Å²) in [4.78, 5) is 11.4. The zero-order valence-corrected chi connectivity index (χ0v) is 11.6. The van der Waals surface area contributed by atoms with Crippen molar-refractivity contribution in [2.24, 2.45) is 0 Å². The summed E-state index contributed by atoms with van der Waals surface area (Å²) in [6, 6.07) is 15.9. The molecule has 1 aliphatic rings. The molecule has 20 heavy (non-hydrogen) atoms. The summed E-state index contributed by atoms with van der Waals surface area (Å²) in [5, 5.41) is 0. The van der Waals surface area contributed by atoms with Crippen LogP contribution in [0.5, 0.6) is 5.75 Å². The summed E-state index contributed by atoms with van der Waals surface area (Å²) in [6.07, 6.45) is 3.40.